The van der Waals surface area contributed by atoms with E-state index in [0.717, 1.165) is 16.4 Å². The molecular formula is C21H21Cl2N3O4S2. The Morgan fingerprint density at radius 2 is 1.59 bits per heavy atom. The van der Waals surface area contributed by atoms with Crippen LogP contribution in [0.25, 0.3) is 11.3 Å². The molecule has 1 saturated heterocycles. The SMILES string of the molecule is COc1ccc(-c2csc(N3CCN(S(=O)(=O)c4cc(Cl)cc(Cl)c4)CC3)n2)cc1OC. The summed E-state index contributed by atoms with van der Waals surface area (Å²) in [6.07, 6.45) is 0. The minimum Gasteiger partial charge on any atom is -0.493 e. The van der Waals surface area contributed by atoms with Gasteiger partial charge in [0.05, 0.1) is 24.8 Å². The zero-order valence-electron chi connectivity index (χ0n) is 17.4. The first kappa shape index (κ1) is 23.1. The van der Waals surface area contributed by atoms with Gasteiger partial charge < -0.3 is 14.4 Å². The summed E-state index contributed by atoms with van der Waals surface area (Å²) in [7, 11) is -0.477. The summed E-state index contributed by atoms with van der Waals surface area (Å²) in [5, 5.41) is 3.41. The zero-order chi connectivity index (χ0) is 22.9. The lowest BCUT2D eigenvalue weighted by molar-refractivity contribution is 0.355. The first-order valence-corrected chi connectivity index (χ1v) is 12.8. The topological polar surface area (TPSA) is 72.0 Å². The molecule has 1 aliphatic heterocycles. The van der Waals surface area contributed by atoms with Crippen LogP contribution < -0.4 is 14.4 Å². The molecule has 0 N–H and O–H groups in total. The van der Waals surface area contributed by atoms with E-state index in [9.17, 15) is 8.42 Å². The molecule has 11 heteroatoms. The third-order valence-electron chi connectivity index (χ3n) is 5.15. The number of ether oxygens (including phenoxy) is 2. The molecule has 1 aromatic heterocycles. The Morgan fingerprint density at radius 1 is 0.938 bits per heavy atom. The standard InChI is InChI=1S/C21H21Cl2N3O4S2/c1-29-19-4-3-14(9-20(19)30-2)18-13-31-21(24-18)25-5-7-26(8-6-25)32(27,28)17-11-15(22)10-16(23)12-17/h3-4,9-13H,5-8H2,1-2H3. The summed E-state index contributed by atoms with van der Waals surface area (Å²) >= 11 is 13.5. The summed E-state index contributed by atoms with van der Waals surface area (Å²) in [5.41, 5.74) is 1.75. The number of benzene rings is 2. The number of hydrogen-bond acceptors (Lipinski definition) is 7. The van der Waals surface area contributed by atoms with Crippen LogP contribution >= 0.6 is 34.5 Å². The fraction of sp³-hybridized carbons (Fsp3) is 0.286. The Bertz CT molecular complexity index is 1210. The maximum absolute atomic E-state index is 13.0. The first-order valence-electron chi connectivity index (χ1n) is 9.71. The average molecular weight is 514 g/mol. The monoisotopic (exact) mass is 513 g/mol. The van der Waals surface area contributed by atoms with Crippen LogP contribution in [-0.2, 0) is 10.0 Å². The molecule has 1 aliphatic rings. The second-order valence-corrected chi connectivity index (χ2v) is 10.7. The Morgan fingerprint density at radius 3 is 2.22 bits per heavy atom. The zero-order valence-corrected chi connectivity index (χ0v) is 20.6. The minimum atomic E-state index is -3.67. The second-order valence-electron chi connectivity index (χ2n) is 7.08. The van der Waals surface area contributed by atoms with Crippen molar-refractivity contribution in [2.45, 2.75) is 4.90 Å². The molecule has 32 heavy (non-hydrogen) atoms. The lowest BCUT2D eigenvalue weighted by Gasteiger charge is -2.33. The lowest BCUT2D eigenvalue weighted by atomic mass is 10.1. The maximum Gasteiger partial charge on any atom is 0.243 e. The molecule has 0 atom stereocenters. The number of methoxy groups -OCH3 is 2. The van der Waals surface area contributed by atoms with Crippen LogP contribution in [0.1, 0.15) is 0 Å². The van der Waals surface area contributed by atoms with Crippen molar-refractivity contribution in [1.82, 2.24) is 9.29 Å². The molecule has 0 amide bonds. The van der Waals surface area contributed by atoms with Crippen molar-refractivity contribution in [3.63, 3.8) is 0 Å². The molecule has 2 aromatic carbocycles. The van der Waals surface area contributed by atoms with Gasteiger partial charge >= 0.3 is 0 Å². The van der Waals surface area contributed by atoms with Crippen LogP contribution in [0.15, 0.2) is 46.7 Å². The molecule has 0 spiro atoms. The highest BCUT2D eigenvalue weighted by Crippen LogP contribution is 2.34. The quantitative estimate of drug-likeness (QED) is 0.477. The van der Waals surface area contributed by atoms with E-state index in [0.29, 0.717) is 47.7 Å². The number of piperazine rings is 1. The summed E-state index contributed by atoms with van der Waals surface area (Å²) in [5.74, 6) is 1.30. The normalized spacial score (nSPS) is 15.1. The van der Waals surface area contributed by atoms with Gasteiger partial charge in [0.15, 0.2) is 16.6 Å². The molecule has 7 nitrogen and oxygen atoms in total. The smallest absolute Gasteiger partial charge is 0.243 e. The van der Waals surface area contributed by atoms with E-state index in [1.165, 1.54) is 33.8 Å². The van der Waals surface area contributed by atoms with Crippen LogP contribution in [0.3, 0.4) is 0 Å². The molecular weight excluding hydrogens is 493 g/mol. The highest BCUT2D eigenvalue weighted by Gasteiger charge is 2.30. The van der Waals surface area contributed by atoms with E-state index < -0.39 is 10.0 Å². The molecule has 0 saturated carbocycles. The highest BCUT2D eigenvalue weighted by atomic mass is 35.5. The summed E-state index contributed by atoms with van der Waals surface area (Å²) in [4.78, 5) is 6.94. The fourth-order valence-corrected chi connectivity index (χ4v) is 6.52. The predicted molar refractivity (Wildman–Crippen MR) is 128 cm³/mol. The Balaban J connectivity index is 1.47. The molecule has 170 valence electrons. The number of rotatable bonds is 6. The van der Waals surface area contributed by atoms with Gasteiger partial charge in [-0.2, -0.15) is 4.31 Å². The summed E-state index contributed by atoms with van der Waals surface area (Å²) < 4.78 is 38.1. The van der Waals surface area contributed by atoms with E-state index in [2.05, 4.69) is 4.90 Å². The highest BCUT2D eigenvalue weighted by molar-refractivity contribution is 7.89. The fourth-order valence-electron chi connectivity index (χ4n) is 3.48. The largest absolute Gasteiger partial charge is 0.493 e. The molecule has 0 bridgehead atoms. The van der Waals surface area contributed by atoms with Crippen molar-refractivity contribution in [2.24, 2.45) is 0 Å². The number of aromatic nitrogens is 1. The van der Waals surface area contributed by atoms with Gasteiger partial charge in [-0.15, -0.1) is 11.3 Å². The van der Waals surface area contributed by atoms with E-state index in [-0.39, 0.29) is 4.90 Å². The number of thiazole rings is 1. The molecule has 2 heterocycles. The molecule has 1 fully saturated rings. The van der Waals surface area contributed by atoms with Gasteiger partial charge in [-0.05, 0) is 36.4 Å². The Hall–Kier alpha value is -2.04. The number of hydrogen-bond donors (Lipinski definition) is 0. The molecule has 0 unspecified atom stereocenters. The van der Waals surface area contributed by atoms with Crippen LogP contribution in [0.5, 0.6) is 11.5 Å². The van der Waals surface area contributed by atoms with Crippen molar-refractivity contribution in [1.29, 1.82) is 0 Å². The average Bonchev–Trinajstić information content (AvgIpc) is 3.28. The third kappa shape index (κ3) is 4.67. The first-order chi connectivity index (χ1) is 15.3. The predicted octanol–water partition coefficient (Wildman–Crippen LogP) is 4.65. The number of nitrogens with zero attached hydrogens (tertiary/aromatic N) is 3. The van der Waals surface area contributed by atoms with Gasteiger partial charge in [-0.1, -0.05) is 23.2 Å². The van der Waals surface area contributed by atoms with Gasteiger partial charge in [0, 0.05) is 47.2 Å². The molecule has 0 radical (unpaired) electrons. The van der Waals surface area contributed by atoms with Gasteiger partial charge in [0.25, 0.3) is 0 Å². The number of anilines is 1. The van der Waals surface area contributed by atoms with Crippen LogP contribution in [0.2, 0.25) is 10.0 Å². The van der Waals surface area contributed by atoms with Gasteiger partial charge in [0.2, 0.25) is 10.0 Å². The van der Waals surface area contributed by atoms with Gasteiger partial charge in [-0.25, -0.2) is 13.4 Å². The maximum atomic E-state index is 13.0. The van der Waals surface area contributed by atoms with E-state index in [1.807, 2.05) is 23.6 Å². The van der Waals surface area contributed by atoms with E-state index in [1.54, 1.807) is 14.2 Å². The Labute approximate surface area is 201 Å². The van der Waals surface area contributed by atoms with Crippen molar-refractivity contribution in [3.8, 4) is 22.8 Å². The van der Waals surface area contributed by atoms with E-state index >= 15 is 0 Å². The minimum absolute atomic E-state index is 0.105. The number of halogens is 2. The second kappa shape index (κ2) is 9.44. The summed E-state index contributed by atoms with van der Waals surface area (Å²) in [6.45, 7) is 1.76. The van der Waals surface area contributed by atoms with Gasteiger partial charge in [-0.3, -0.25) is 0 Å². The van der Waals surface area contributed by atoms with Crippen LogP contribution in [0, 0.1) is 0 Å². The third-order valence-corrected chi connectivity index (χ3v) is 8.37. The van der Waals surface area contributed by atoms with Gasteiger partial charge in [0.1, 0.15) is 0 Å². The Kier molecular flexibility index (Phi) is 6.83. The molecule has 0 aliphatic carbocycles. The van der Waals surface area contributed by atoms with Crippen LogP contribution in [-0.4, -0.2) is 58.1 Å². The van der Waals surface area contributed by atoms with Crippen molar-refractivity contribution < 1.29 is 17.9 Å². The lowest BCUT2D eigenvalue weighted by Crippen LogP contribution is -2.48. The van der Waals surface area contributed by atoms with Crippen molar-refractivity contribution in [3.05, 3.63) is 51.8 Å². The van der Waals surface area contributed by atoms with E-state index in [4.69, 9.17) is 37.7 Å². The summed E-state index contributed by atoms with van der Waals surface area (Å²) in [6, 6.07) is 10.0. The van der Waals surface area contributed by atoms with Crippen molar-refractivity contribution >= 4 is 49.7 Å². The van der Waals surface area contributed by atoms with Crippen LogP contribution in [0.4, 0.5) is 5.13 Å². The molecule has 3 aromatic rings. The molecule has 4 rings (SSSR count). The number of sulfonamides is 1. The van der Waals surface area contributed by atoms with Crippen molar-refractivity contribution in [2.75, 3.05) is 45.3 Å².